The van der Waals surface area contributed by atoms with Gasteiger partial charge in [0.25, 0.3) is 0 Å². The van der Waals surface area contributed by atoms with Crippen molar-refractivity contribution >= 4 is 12.1 Å². The van der Waals surface area contributed by atoms with Gasteiger partial charge in [-0.05, 0) is 20.8 Å². The van der Waals surface area contributed by atoms with Crippen molar-refractivity contribution in [3.63, 3.8) is 0 Å². The van der Waals surface area contributed by atoms with Gasteiger partial charge in [0.1, 0.15) is 17.7 Å². The number of carbonyl (C=O) groups excluding carboxylic acids is 1. The van der Waals surface area contributed by atoms with E-state index in [2.05, 4.69) is 0 Å². The molecule has 104 valence electrons. The van der Waals surface area contributed by atoms with E-state index in [4.69, 9.17) is 9.84 Å². The molecule has 0 saturated carbocycles. The quantitative estimate of drug-likeness (QED) is 0.790. The minimum Gasteiger partial charge on any atom is -0.480 e. The van der Waals surface area contributed by atoms with Crippen LogP contribution in [0, 0.1) is 0 Å². The van der Waals surface area contributed by atoms with E-state index in [1.165, 1.54) is 20.8 Å². The van der Waals surface area contributed by atoms with Gasteiger partial charge >= 0.3 is 18.2 Å². The minimum atomic E-state index is -4.65. The fourth-order valence-electron chi connectivity index (χ4n) is 1.60. The number of amides is 1. The summed E-state index contributed by atoms with van der Waals surface area (Å²) >= 11 is 0. The molecule has 0 unspecified atom stereocenters. The zero-order valence-corrected chi connectivity index (χ0v) is 10.1. The van der Waals surface area contributed by atoms with Crippen LogP contribution in [0.3, 0.4) is 0 Å². The predicted molar refractivity (Wildman–Crippen MR) is 54.0 cm³/mol. The summed E-state index contributed by atoms with van der Waals surface area (Å²) in [6, 6.07) is -3.57. The number of hydrogen-bond donors (Lipinski definition) is 1. The lowest BCUT2D eigenvalue weighted by Crippen LogP contribution is -2.67. The highest BCUT2D eigenvalue weighted by molar-refractivity contribution is 5.82. The van der Waals surface area contributed by atoms with E-state index >= 15 is 0 Å². The molecular weight excluding hydrogens is 255 g/mol. The van der Waals surface area contributed by atoms with E-state index in [1.807, 2.05) is 0 Å². The standard InChI is InChI=1S/C10H14F3NO4/c1-9(2,3)18-8(17)14-5(7(15)16)4-6(14)10(11,12)13/h5-6H,4H2,1-3H3,(H,15,16)/t5-,6+/m1/s1. The maximum Gasteiger partial charge on any atom is 0.411 e. The molecule has 1 rings (SSSR count). The summed E-state index contributed by atoms with van der Waals surface area (Å²) in [6.07, 6.45) is -6.55. The Bertz CT molecular complexity index is 361. The van der Waals surface area contributed by atoms with E-state index in [0.29, 0.717) is 0 Å². The van der Waals surface area contributed by atoms with Crippen LogP contribution in [0.2, 0.25) is 0 Å². The molecule has 5 nitrogen and oxygen atoms in total. The third kappa shape index (κ3) is 3.05. The van der Waals surface area contributed by atoms with E-state index in [1.54, 1.807) is 0 Å². The maximum atomic E-state index is 12.5. The number of nitrogens with zero attached hydrogens (tertiary/aromatic N) is 1. The second-order valence-electron chi connectivity index (χ2n) is 5.03. The van der Waals surface area contributed by atoms with E-state index in [-0.39, 0.29) is 4.90 Å². The summed E-state index contributed by atoms with van der Waals surface area (Å²) in [6.45, 7) is 4.47. The zero-order valence-electron chi connectivity index (χ0n) is 10.1. The fraction of sp³-hybridized carbons (Fsp3) is 0.800. The number of alkyl halides is 3. The summed E-state index contributed by atoms with van der Waals surface area (Å²) in [4.78, 5) is 22.5. The second kappa shape index (κ2) is 4.33. The molecule has 1 N–H and O–H groups in total. The van der Waals surface area contributed by atoms with Gasteiger partial charge in [-0.3, -0.25) is 4.90 Å². The van der Waals surface area contributed by atoms with Gasteiger partial charge in [-0.15, -0.1) is 0 Å². The van der Waals surface area contributed by atoms with Crippen molar-refractivity contribution in [3.8, 4) is 0 Å². The van der Waals surface area contributed by atoms with Crippen molar-refractivity contribution in [1.82, 2.24) is 4.90 Å². The largest absolute Gasteiger partial charge is 0.480 e. The number of rotatable bonds is 1. The number of hydrogen-bond acceptors (Lipinski definition) is 3. The van der Waals surface area contributed by atoms with Gasteiger partial charge in [0.05, 0.1) is 0 Å². The van der Waals surface area contributed by atoms with Crippen LogP contribution in [0.15, 0.2) is 0 Å². The van der Waals surface area contributed by atoms with Crippen molar-refractivity contribution in [2.45, 2.75) is 51.1 Å². The van der Waals surface area contributed by atoms with Crippen molar-refractivity contribution in [1.29, 1.82) is 0 Å². The molecule has 8 heteroatoms. The number of carboxylic acid groups (broad SMARTS) is 1. The molecule has 1 amide bonds. The van der Waals surface area contributed by atoms with Gasteiger partial charge in [0.15, 0.2) is 0 Å². The molecule has 0 spiro atoms. The number of carboxylic acids is 1. The van der Waals surface area contributed by atoms with Gasteiger partial charge in [-0.25, -0.2) is 9.59 Å². The average Bonchev–Trinajstić information content (AvgIpc) is 1.91. The normalized spacial score (nSPS) is 24.4. The molecule has 0 aromatic rings. The Kier molecular flexibility index (Phi) is 3.51. The molecule has 1 aliphatic rings. The van der Waals surface area contributed by atoms with Gasteiger partial charge in [-0.1, -0.05) is 0 Å². The number of ether oxygens (including phenoxy) is 1. The number of carbonyl (C=O) groups is 2. The summed E-state index contributed by atoms with van der Waals surface area (Å²) in [7, 11) is 0. The Hall–Kier alpha value is -1.47. The van der Waals surface area contributed by atoms with Gasteiger partial charge in [-0.2, -0.15) is 13.2 Å². The van der Waals surface area contributed by atoms with Gasteiger partial charge < -0.3 is 9.84 Å². The molecule has 18 heavy (non-hydrogen) atoms. The Labute approximate surface area is 102 Å². The molecule has 2 atom stereocenters. The summed E-state index contributed by atoms with van der Waals surface area (Å²) in [5.41, 5.74) is -0.980. The number of halogens is 3. The molecule has 0 aromatic heterocycles. The highest BCUT2D eigenvalue weighted by atomic mass is 19.4. The summed E-state index contributed by atoms with van der Waals surface area (Å²) < 4.78 is 42.4. The average molecular weight is 269 g/mol. The van der Waals surface area contributed by atoms with Crippen LogP contribution >= 0.6 is 0 Å². The Morgan fingerprint density at radius 2 is 1.78 bits per heavy atom. The van der Waals surface area contributed by atoms with Crippen LogP contribution in [0.1, 0.15) is 27.2 Å². The van der Waals surface area contributed by atoms with Crippen molar-refractivity contribution in [2.24, 2.45) is 0 Å². The molecular formula is C10H14F3NO4. The maximum absolute atomic E-state index is 12.5. The Morgan fingerprint density at radius 3 is 2.11 bits per heavy atom. The smallest absolute Gasteiger partial charge is 0.411 e. The molecule has 0 radical (unpaired) electrons. The van der Waals surface area contributed by atoms with Crippen LogP contribution in [0.4, 0.5) is 18.0 Å². The van der Waals surface area contributed by atoms with E-state index < -0.39 is 42.3 Å². The molecule has 1 heterocycles. The van der Waals surface area contributed by atoms with E-state index in [0.717, 1.165) is 0 Å². The fourth-order valence-corrected chi connectivity index (χ4v) is 1.60. The summed E-state index contributed by atoms with van der Waals surface area (Å²) in [5, 5.41) is 8.72. The van der Waals surface area contributed by atoms with Crippen molar-refractivity contribution in [2.75, 3.05) is 0 Å². The third-order valence-corrected chi connectivity index (χ3v) is 2.39. The molecule has 1 aliphatic heterocycles. The van der Waals surface area contributed by atoms with E-state index in [9.17, 15) is 22.8 Å². The lowest BCUT2D eigenvalue weighted by molar-refractivity contribution is -0.221. The van der Waals surface area contributed by atoms with Crippen molar-refractivity contribution in [3.05, 3.63) is 0 Å². The minimum absolute atomic E-state index is 0.230. The lowest BCUT2D eigenvalue weighted by atomic mass is 9.93. The first-order valence-electron chi connectivity index (χ1n) is 5.24. The first-order chi connectivity index (χ1) is 7.93. The van der Waals surface area contributed by atoms with Crippen LogP contribution < -0.4 is 0 Å². The first kappa shape index (κ1) is 14.6. The topological polar surface area (TPSA) is 66.8 Å². The van der Waals surface area contributed by atoms with Crippen molar-refractivity contribution < 1.29 is 32.6 Å². The van der Waals surface area contributed by atoms with Crippen LogP contribution in [0.25, 0.3) is 0 Å². The van der Waals surface area contributed by atoms with Gasteiger partial charge in [0, 0.05) is 6.42 Å². The lowest BCUT2D eigenvalue weighted by Gasteiger charge is -2.46. The third-order valence-electron chi connectivity index (χ3n) is 2.39. The highest BCUT2D eigenvalue weighted by Gasteiger charge is 2.59. The number of likely N-dealkylation sites (tertiary alicyclic amines) is 1. The molecule has 0 aliphatic carbocycles. The molecule has 1 saturated heterocycles. The second-order valence-corrected chi connectivity index (χ2v) is 5.03. The SMILES string of the molecule is CC(C)(C)OC(=O)N1[C@@H](C(=O)O)C[C@H]1C(F)(F)F. The van der Waals surface area contributed by atoms with Crippen LogP contribution in [-0.4, -0.2) is 45.9 Å². The number of aliphatic carboxylic acids is 1. The predicted octanol–water partition coefficient (Wildman–Crippen LogP) is 2.01. The van der Waals surface area contributed by atoms with Crippen LogP contribution in [-0.2, 0) is 9.53 Å². The molecule has 0 bridgehead atoms. The highest BCUT2D eigenvalue weighted by Crippen LogP contribution is 2.39. The molecule has 1 fully saturated rings. The Balaban J connectivity index is 2.85. The van der Waals surface area contributed by atoms with Gasteiger partial charge in [0.2, 0.25) is 0 Å². The Morgan fingerprint density at radius 1 is 1.28 bits per heavy atom. The zero-order chi connectivity index (χ0) is 14.3. The monoisotopic (exact) mass is 269 g/mol. The first-order valence-corrected chi connectivity index (χ1v) is 5.24. The molecule has 0 aromatic carbocycles. The summed E-state index contributed by atoms with van der Waals surface area (Å²) in [5.74, 6) is -1.47. The van der Waals surface area contributed by atoms with Crippen LogP contribution in [0.5, 0.6) is 0 Å².